The quantitative estimate of drug-likeness (QED) is 0.447. The molecule has 0 radical (unpaired) electrons. The van der Waals surface area contributed by atoms with Gasteiger partial charge in [0.2, 0.25) is 5.91 Å². The molecule has 0 spiro atoms. The number of hydrogen-bond donors (Lipinski definition) is 2. The number of ether oxygens (including phenoxy) is 3. The van der Waals surface area contributed by atoms with Crippen LogP contribution in [0.4, 0.5) is 9.59 Å². The SMILES string of the molecule is CC(C)(C)OC(=O)N1C[C@@H](Oc2ccc3c(c2)CN(C(=O)OC(C)(C)C)[C@H](C(=O)N[C@@H]2CCCc4ccccc42)C3)C[C@H]1C(=O)O. The smallest absolute Gasteiger partial charge is 0.411 e. The molecule has 1 aliphatic carbocycles. The number of benzene rings is 2. The Bertz CT molecular complexity index is 1490. The summed E-state index contributed by atoms with van der Waals surface area (Å²) in [6, 6.07) is 11.6. The van der Waals surface area contributed by atoms with Crippen LogP contribution in [0, 0.1) is 0 Å². The van der Waals surface area contributed by atoms with Gasteiger partial charge in [-0.3, -0.25) is 14.6 Å². The minimum absolute atomic E-state index is 0.0551. The predicted octanol–water partition coefficient (Wildman–Crippen LogP) is 5.38. The second-order valence-corrected chi connectivity index (χ2v) is 14.4. The van der Waals surface area contributed by atoms with Crippen molar-refractivity contribution in [2.75, 3.05) is 6.54 Å². The molecule has 0 aromatic heterocycles. The number of aliphatic carboxylic acids is 1. The molecule has 11 heteroatoms. The Morgan fingerprint density at radius 2 is 1.52 bits per heavy atom. The highest BCUT2D eigenvalue weighted by atomic mass is 16.6. The van der Waals surface area contributed by atoms with Crippen molar-refractivity contribution in [3.63, 3.8) is 0 Å². The number of carbonyl (C=O) groups is 4. The summed E-state index contributed by atoms with van der Waals surface area (Å²) in [5.41, 5.74) is 2.53. The lowest BCUT2D eigenvalue weighted by Crippen LogP contribution is -2.54. The second kappa shape index (κ2) is 12.8. The normalized spacial score (nSPS) is 22.7. The topological polar surface area (TPSA) is 135 Å². The van der Waals surface area contributed by atoms with Gasteiger partial charge in [-0.1, -0.05) is 30.3 Å². The number of carboxylic acids is 1. The summed E-state index contributed by atoms with van der Waals surface area (Å²) in [6.07, 6.45) is 1.31. The van der Waals surface area contributed by atoms with Crippen molar-refractivity contribution in [1.82, 2.24) is 15.1 Å². The first-order valence-electron chi connectivity index (χ1n) is 16.0. The van der Waals surface area contributed by atoms with Crippen molar-refractivity contribution in [3.05, 3.63) is 64.7 Å². The number of rotatable bonds is 5. The van der Waals surface area contributed by atoms with Crippen LogP contribution in [0.15, 0.2) is 42.5 Å². The maximum atomic E-state index is 13.8. The number of likely N-dealkylation sites (tertiary alicyclic amines) is 1. The third-order valence-corrected chi connectivity index (χ3v) is 8.40. The van der Waals surface area contributed by atoms with Gasteiger partial charge in [0.15, 0.2) is 0 Å². The van der Waals surface area contributed by atoms with Gasteiger partial charge in [0.25, 0.3) is 0 Å². The molecule has 4 atom stereocenters. The van der Waals surface area contributed by atoms with E-state index in [0.29, 0.717) is 12.2 Å². The molecule has 2 N–H and O–H groups in total. The van der Waals surface area contributed by atoms with E-state index in [-0.39, 0.29) is 31.5 Å². The molecule has 2 aromatic rings. The number of carboxylic acid groups (broad SMARTS) is 1. The molecule has 3 aliphatic rings. The summed E-state index contributed by atoms with van der Waals surface area (Å²) in [5, 5.41) is 13.0. The average molecular weight is 636 g/mol. The number of nitrogens with zero attached hydrogens (tertiary/aromatic N) is 2. The van der Waals surface area contributed by atoms with Crippen LogP contribution in [0.25, 0.3) is 0 Å². The molecule has 11 nitrogen and oxygen atoms in total. The van der Waals surface area contributed by atoms with Crippen LogP contribution in [-0.4, -0.2) is 74.9 Å². The molecule has 3 amide bonds. The van der Waals surface area contributed by atoms with E-state index < -0.39 is 47.5 Å². The fourth-order valence-electron chi connectivity index (χ4n) is 6.38. The second-order valence-electron chi connectivity index (χ2n) is 14.4. The summed E-state index contributed by atoms with van der Waals surface area (Å²) >= 11 is 0. The molecular weight excluding hydrogens is 590 g/mol. The molecule has 1 fully saturated rings. The van der Waals surface area contributed by atoms with Crippen LogP contribution < -0.4 is 10.1 Å². The number of nitrogens with one attached hydrogen (secondary N) is 1. The van der Waals surface area contributed by atoms with Gasteiger partial charge >= 0.3 is 18.2 Å². The average Bonchev–Trinajstić information content (AvgIpc) is 3.39. The molecule has 46 heavy (non-hydrogen) atoms. The van der Waals surface area contributed by atoms with Crippen LogP contribution in [0.5, 0.6) is 5.75 Å². The lowest BCUT2D eigenvalue weighted by Gasteiger charge is -2.38. The largest absolute Gasteiger partial charge is 0.488 e. The van der Waals surface area contributed by atoms with Crippen molar-refractivity contribution in [1.29, 1.82) is 0 Å². The van der Waals surface area contributed by atoms with Crippen molar-refractivity contribution >= 4 is 24.1 Å². The Balaban J connectivity index is 1.34. The minimum Gasteiger partial charge on any atom is -0.488 e. The fourth-order valence-corrected chi connectivity index (χ4v) is 6.38. The maximum Gasteiger partial charge on any atom is 0.411 e. The van der Waals surface area contributed by atoms with Gasteiger partial charge in [-0.25, -0.2) is 14.4 Å². The Morgan fingerprint density at radius 1 is 0.848 bits per heavy atom. The Hall–Kier alpha value is -4.28. The van der Waals surface area contributed by atoms with E-state index in [2.05, 4.69) is 17.4 Å². The Kier molecular flexibility index (Phi) is 9.24. The first-order chi connectivity index (χ1) is 21.6. The number of carbonyl (C=O) groups excluding carboxylic acids is 3. The van der Waals surface area contributed by atoms with Crippen molar-refractivity contribution < 1.29 is 38.5 Å². The molecule has 0 saturated carbocycles. The molecule has 0 bridgehead atoms. The zero-order valence-electron chi connectivity index (χ0n) is 27.5. The zero-order valence-corrected chi connectivity index (χ0v) is 27.5. The summed E-state index contributed by atoms with van der Waals surface area (Å²) < 4.78 is 17.3. The van der Waals surface area contributed by atoms with Crippen LogP contribution in [-0.2, 0) is 38.4 Å². The molecule has 1 saturated heterocycles. The van der Waals surface area contributed by atoms with Gasteiger partial charge < -0.3 is 24.6 Å². The van der Waals surface area contributed by atoms with E-state index in [1.54, 1.807) is 47.6 Å². The standard InChI is InChI=1S/C35H45N3O8/c1-34(2,3)45-32(42)37-19-23-16-24(44-25-18-29(31(40)41)38(20-25)33(43)46-35(4,5)6)15-14-22(23)17-28(37)30(39)36-27-13-9-11-21-10-7-8-12-26(21)27/h7-8,10,12,14-16,25,27-29H,9,11,13,17-20H2,1-6H3,(H,36,39)(H,40,41)/t25-,27+,28-,29-/m0/s1. The minimum atomic E-state index is -1.13. The van der Waals surface area contributed by atoms with Crippen molar-refractivity contribution in [2.24, 2.45) is 0 Å². The number of hydrogen-bond acceptors (Lipinski definition) is 7. The highest BCUT2D eigenvalue weighted by Gasteiger charge is 2.43. The third kappa shape index (κ3) is 7.74. The molecule has 2 aliphatic heterocycles. The lowest BCUT2D eigenvalue weighted by atomic mass is 9.87. The van der Waals surface area contributed by atoms with Gasteiger partial charge in [0.1, 0.15) is 35.1 Å². The van der Waals surface area contributed by atoms with Crippen LogP contribution in [0.2, 0.25) is 0 Å². The molecular formula is C35H45N3O8. The van der Waals surface area contributed by atoms with E-state index in [0.717, 1.165) is 36.0 Å². The van der Waals surface area contributed by atoms with Crippen molar-refractivity contribution in [3.8, 4) is 5.75 Å². The molecule has 5 rings (SSSR count). The van der Waals surface area contributed by atoms with Crippen molar-refractivity contribution in [2.45, 2.75) is 116 Å². The van der Waals surface area contributed by atoms with Gasteiger partial charge in [-0.15, -0.1) is 0 Å². The van der Waals surface area contributed by atoms with Crippen LogP contribution in [0.3, 0.4) is 0 Å². The lowest BCUT2D eigenvalue weighted by molar-refractivity contribution is -0.142. The van der Waals surface area contributed by atoms with Gasteiger partial charge in [-0.2, -0.15) is 0 Å². The van der Waals surface area contributed by atoms with Crippen LogP contribution >= 0.6 is 0 Å². The third-order valence-electron chi connectivity index (χ3n) is 8.40. The summed E-state index contributed by atoms with van der Waals surface area (Å²) in [6.45, 7) is 10.7. The summed E-state index contributed by atoms with van der Waals surface area (Å²) in [7, 11) is 0. The van der Waals surface area contributed by atoms with Gasteiger partial charge in [0.05, 0.1) is 19.1 Å². The zero-order chi connectivity index (χ0) is 33.4. The van der Waals surface area contributed by atoms with E-state index in [9.17, 15) is 24.3 Å². The molecule has 2 heterocycles. The predicted molar refractivity (Wildman–Crippen MR) is 169 cm³/mol. The maximum absolute atomic E-state index is 13.8. The highest BCUT2D eigenvalue weighted by molar-refractivity contribution is 5.87. The summed E-state index contributed by atoms with van der Waals surface area (Å²) in [4.78, 5) is 54.7. The first-order valence-corrected chi connectivity index (χ1v) is 16.0. The molecule has 0 unspecified atom stereocenters. The van der Waals surface area contributed by atoms with Crippen LogP contribution in [0.1, 0.15) is 89.1 Å². The summed E-state index contributed by atoms with van der Waals surface area (Å²) in [5.74, 6) is -0.882. The van der Waals surface area contributed by atoms with E-state index in [4.69, 9.17) is 14.2 Å². The van der Waals surface area contributed by atoms with Gasteiger partial charge in [-0.05, 0) is 95.2 Å². The fraction of sp³-hybridized carbons (Fsp3) is 0.543. The van der Waals surface area contributed by atoms with Gasteiger partial charge in [0, 0.05) is 12.8 Å². The number of aryl methyl sites for hydroxylation is 1. The first kappa shape index (κ1) is 33.1. The monoisotopic (exact) mass is 635 g/mol. The van der Waals surface area contributed by atoms with E-state index >= 15 is 0 Å². The van der Waals surface area contributed by atoms with E-state index in [1.807, 2.05) is 24.3 Å². The molecule has 248 valence electrons. The Morgan fingerprint density at radius 3 is 2.20 bits per heavy atom. The molecule has 2 aromatic carbocycles. The highest BCUT2D eigenvalue weighted by Crippen LogP contribution is 2.33. The number of fused-ring (bicyclic) bond motifs is 2. The van der Waals surface area contributed by atoms with E-state index in [1.165, 1.54) is 15.4 Å². The Labute approximate surface area is 270 Å². The number of amides is 3.